The summed E-state index contributed by atoms with van der Waals surface area (Å²) in [5.74, 6) is -0.959. The molecule has 2 rings (SSSR count). The van der Waals surface area contributed by atoms with E-state index >= 15 is 0 Å². The third-order valence-electron chi connectivity index (χ3n) is 4.35. The third-order valence-corrected chi connectivity index (χ3v) is 4.35. The number of carbonyl (C=O) groups excluding carboxylic acids is 3. The molecule has 0 aliphatic carbocycles. The molecule has 170 valence electrons. The van der Waals surface area contributed by atoms with Gasteiger partial charge in [-0.25, -0.2) is 14.4 Å². The Kier molecular flexibility index (Phi) is 8.30. The molecule has 1 amide bonds. The standard InChI is InChI=1S/C22H30N2O7/c1-22(2,3)31-21(27)24-12-8-9-15(14-24)30-18-11-7-6-10-16(18)23-17(20(26)29-5)13-19(25)28-4/h6-7,10-11,13,15,23H,8-9,12,14H2,1-5H3/b17-13+. The number of piperidine rings is 1. The fourth-order valence-corrected chi connectivity index (χ4v) is 2.96. The SMILES string of the molecule is COC(=O)/C=C(/Nc1ccccc1OC1CCCN(C(=O)OC(C)(C)C)C1)C(=O)OC. The maximum Gasteiger partial charge on any atom is 0.410 e. The fourth-order valence-electron chi connectivity index (χ4n) is 2.96. The highest BCUT2D eigenvalue weighted by atomic mass is 16.6. The van der Waals surface area contributed by atoms with Crippen LogP contribution in [0.15, 0.2) is 36.0 Å². The number of likely N-dealkylation sites (tertiary alicyclic amines) is 1. The monoisotopic (exact) mass is 434 g/mol. The van der Waals surface area contributed by atoms with Gasteiger partial charge in [0.25, 0.3) is 0 Å². The minimum absolute atomic E-state index is 0.0931. The molecule has 0 bridgehead atoms. The van der Waals surface area contributed by atoms with Crippen LogP contribution < -0.4 is 10.1 Å². The summed E-state index contributed by atoms with van der Waals surface area (Å²) >= 11 is 0. The van der Waals surface area contributed by atoms with E-state index in [1.807, 2.05) is 20.8 Å². The van der Waals surface area contributed by atoms with Crippen molar-refractivity contribution in [1.82, 2.24) is 4.90 Å². The predicted molar refractivity (Wildman–Crippen MR) is 114 cm³/mol. The number of para-hydroxylation sites is 2. The summed E-state index contributed by atoms with van der Waals surface area (Å²) in [5, 5.41) is 2.87. The summed E-state index contributed by atoms with van der Waals surface area (Å²) in [6, 6.07) is 6.99. The van der Waals surface area contributed by atoms with E-state index in [4.69, 9.17) is 14.2 Å². The van der Waals surface area contributed by atoms with E-state index in [1.54, 1.807) is 29.2 Å². The Bertz CT molecular complexity index is 829. The van der Waals surface area contributed by atoms with Crippen LogP contribution in [0.5, 0.6) is 5.75 Å². The number of amides is 1. The van der Waals surface area contributed by atoms with Crippen molar-refractivity contribution in [3.8, 4) is 5.75 Å². The Morgan fingerprint density at radius 2 is 1.84 bits per heavy atom. The van der Waals surface area contributed by atoms with Crippen LogP contribution in [0.4, 0.5) is 10.5 Å². The van der Waals surface area contributed by atoms with Crippen LogP contribution in [0.25, 0.3) is 0 Å². The molecule has 0 aromatic heterocycles. The van der Waals surface area contributed by atoms with Crippen LogP contribution in [-0.2, 0) is 23.8 Å². The van der Waals surface area contributed by atoms with E-state index in [9.17, 15) is 14.4 Å². The van der Waals surface area contributed by atoms with Gasteiger partial charge in [-0.3, -0.25) is 0 Å². The number of methoxy groups -OCH3 is 2. The van der Waals surface area contributed by atoms with Crippen molar-refractivity contribution in [2.75, 3.05) is 32.6 Å². The Morgan fingerprint density at radius 3 is 2.48 bits per heavy atom. The summed E-state index contributed by atoms with van der Waals surface area (Å²) in [5.41, 5.74) is -0.195. The number of ether oxygens (including phenoxy) is 4. The van der Waals surface area contributed by atoms with Gasteiger partial charge in [0.1, 0.15) is 23.2 Å². The van der Waals surface area contributed by atoms with Crippen LogP contribution >= 0.6 is 0 Å². The maximum absolute atomic E-state index is 12.4. The Balaban J connectivity index is 2.14. The summed E-state index contributed by atoms with van der Waals surface area (Å²) in [6.45, 7) is 6.45. The van der Waals surface area contributed by atoms with E-state index in [1.165, 1.54) is 14.2 Å². The van der Waals surface area contributed by atoms with E-state index < -0.39 is 17.5 Å². The van der Waals surface area contributed by atoms with Crippen LogP contribution in [0.2, 0.25) is 0 Å². The molecule has 1 aliphatic rings. The Labute approximate surface area is 182 Å². The maximum atomic E-state index is 12.4. The van der Waals surface area contributed by atoms with Crippen LogP contribution in [-0.4, -0.2) is 61.9 Å². The second kappa shape index (κ2) is 10.7. The lowest BCUT2D eigenvalue weighted by Gasteiger charge is -2.34. The summed E-state index contributed by atoms with van der Waals surface area (Å²) in [6.07, 6.45) is 1.91. The van der Waals surface area contributed by atoms with Crippen LogP contribution in [0, 0.1) is 0 Å². The zero-order chi connectivity index (χ0) is 23.0. The molecule has 1 aromatic carbocycles. The molecule has 0 radical (unpaired) electrons. The molecular formula is C22H30N2O7. The molecule has 1 fully saturated rings. The molecule has 1 aromatic rings. The quantitative estimate of drug-likeness (QED) is 0.414. The van der Waals surface area contributed by atoms with Crippen molar-refractivity contribution in [2.24, 2.45) is 0 Å². The summed E-state index contributed by atoms with van der Waals surface area (Å²) in [7, 11) is 2.43. The van der Waals surface area contributed by atoms with E-state index in [0.29, 0.717) is 24.5 Å². The third kappa shape index (κ3) is 7.51. The molecule has 1 aliphatic heterocycles. The van der Waals surface area contributed by atoms with Crippen molar-refractivity contribution in [3.63, 3.8) is 0 Å². The highest BCUT2D eigenvalue weighted by molar-refractivity contribution is 5.99. The van der Waals surface area contributed by atoms with Crippen molar-refractivity contribution in [3.05, 3.63) is 36.0 Å². The zero-order valence-electron chi connectivity index (χ0n) is 18.6. The molecule has 9 nitrogen and oxygen atoms in total. The van der Waals surface area contributed by atoms with Gasteiger partial charge in [0.05, 0.1) is 32.5 Å². The molecule has 9 heteroatoms. The first kappa shape index (κ1) is 24.0. The van der Waals surface area contributed by atoms with Gasteiger partial charge >= 0.3 is 18.0 Å². The van der Waals surface area contributed by atoms with E-state index in [2.05, 4.69) is 10.1 Å². The lowest BCUT2D eigenvalue weighted by Crippen LogP contribution is -2.46. The molecule has 1 unspecified atom stereocenters. The van der Waals surface area contributed by atoms with Gasteiger partial charge in [0.2, 0.25) is 0 Å². The average Bonchev–Trinajstić information content (AvgIpc) is 2.72. The number of carbonyl (C=O) groups is 3. The number of anilines is 1. The van der Waals surface area contributed by atoms with Gasteiger partial charge in [-0.2, -0.15) is 0 Å². The molecule has 1 heterocycles. The molecular weight excluding hydrogens is 404 g/mol. The number of esters is 2. The van der Waals surface area contributed by atoms with Gasteiger partial charge in [0.15, 0.2) is 0 Å². The molecule has 0 spiro atoms. The van der Waals surface area contributed by atoms with Gasteiger partial charge in [0, 0.05) is 6.54 Å². The van der Waals surface area contributed by atoms with Crippen molar-refractivity contribution in [2.45, 2.75) is 45.3 Å². The molecule has 1 N–H and O–H groups in total. The van der Waals surface area contributed by atoms with Gasteiger partial charge in [-0.05, 0) is 45.7 Å². The van der Waals surface area contributed by atoms with Crippen molar-refractivity contribution < 1.29 is 33.3 Å². The minimum atomic E-state index is -0.728. The lowest BCUT2D eigenvalue weighted by molar-refractivity contribution is -0.138. The smallest absolute Gasteiger partial charge is 0.410 e. The van der Waals surface area contributed by atoms with Crippen LogP contribution in [0.1, 0.15) is 33.6 Å². The zero-order valence-corrected chi connectivity index (χ0v) is 18.6. The number of rotatable bonds is 6. The Morgan fingerprint density at radius 1 is 1.13 bits per heavy atom. The van der Waals surface area contributed by atoms with Gasteiger partial charge in [-0.1, -0.05) is 12.1 Å². The van der Waals surface area contributed by atoms with Crippen LogP contribution in [0.3, 0.4) is 0 Å². The first-order chi connectivity index (χ1) is 14.6. The normalized spacial score (nSPS) is 16.9. The number of hydrogen-bond donors (Lipinski definition) is 1. The highest BCUT2D eigenvalue weighted by Gasteiger charge is 2.29. The number of benzene rings is 1. The number of nitrogens with zero attached hydrogens (tertiary/aromatic N) is 1. The average molecular weight is 434 g/mol. The topological polar surface area (TPSA) is 103 Å². The van der Waals surface area contributed by atoms with E-state index in [-0.39, 0.29) is 17.9 Å². The summed E-state index contributed by atoms with van der Waals surface area (Å²) < 4.78 is 20.9. The number of hydrogen-bond acceptors (Lipinski definition) is 8. The Hall–Kier alpha value is -3.23. The van der Waals surface area contributed by atoms with Crippen molar-refractivity contribution in [1.29, 1.82) is 0 Å². The largest absolute Gasteiger partial charge is 0.486 e. The molecule has 31 heavy (non-hydrogen) atoms. The first-order valence-electron chi connectivity index (χ1n) is 10.0. The fraction of sp³-hybridized carbons (Fsp3) is 0.500. The molecule has 1 atom stereocenters. The molecule has 1 saturated heterocycles. The van der Waals surface area contributed by atoms with Crippen molar-refractivity contribution >= 4 is 23.7 Å². The highest BCUT2D eigenvalue weighted by Crippen LogP contribution is 2.28. The predicted octanol–water partition coefficient (Wildman–Crippen LogP) is 3.11. The van der Waals surface area contributed by atoms with E-state index in [0.717, 1.165) is 18.9 Å². The van der Waals surface area contributed by atoms with Gasteiger partial charge < -0.3 is 29.2 Å². The molecule has 0 saturated carbocycles. The summed E-state index contributed by atoms with van der Waals surface area (Å²) in [4.78, 5) is 37.7. The second-order valence-corrected chi connectivity index (χ2v) is 8.00. The first-order valence-corrected chi connectivity index (χ1v) is 10.0. The minimum Gasteiger partial charge on any atom is -0.486 e. The van der Waals surface area contributed by atoms with Gasteiger partial charge in [-0.15, -0.1) is 0 Å². The second-order valence-electron chi connectivity index (χ2n) is 8.00. The lowest BCUT2D eigenvalue weighted by atomic mass is 10.1. The number of nitrogens with one attached hydrogen (secondary N) is 1.